The van der Waals surface area contributed by atoms with Crippen LogP contribution in [-0.2, 0) is 16.0 Å². The number of anilines is 1. The fourth-order valence-corrected chi connectivity index (χ4v) is 3.94. The van der Waals surface area contributed by atoms with Crippen LogP contribution in [0.3, 0.4) is 0 Å². The summed E-state index contributed by atoms with van der Waals surface area (Å²) in [5.41, 5.74) is 2.59. The Morgan fingerprint density at radius 1 is 1.09 bits per heavy atom. The zero-order valence-electron chi connectivity index (χ0n) is 19.5. The van der Waals surface area contributed by atoms with Crippen molar-refractivity contribution < 1.29 is 19.2 Å². The first-order valence-corrected chi connectivity index (χ1v) is 11.1. The number of nitrogens with one attached hydrogen (secondary N) is 1. The lowest BCUT2D eigenvalue weighted by Crippen LogP contribution is -2.26. The second-order valence-electron chi connectivity index (χ2n) is 7.98. The van der Waals surface area contributed by atoms with E-state index in [2.05, 4.69) is 11.4 Å². The number of ether oxygens (including phenoxy) is 1. The first-order chi connectivity index (χ1) is 16.9. The van der Waals surface area contributed by atoms with Crippen LogP contribution < -0.4 is 5.32 Å². The lowest BCUT2D eigenvalue weighted by molar-refractivity contribution is -0.384. The first-order valence-electron chi connectivity index (χ1n) is 11.1. The summed E-state index contributed by atoms with van der Waals surface area (Å²) >= 11 is 0. The third-order valence-electron chi connectivity index (χ3n) is 5.70. The average molecular weight is 472 g/mol. The lowest BCUT2D eigenvalue weighted by atomic mass is 9.92. The number of nitro benzene ring substituents is 1. The quantitative estimate of drug-likeness (QED) is 0.249. The molecule has 0 aromatic heterocycles. The summed E-state index contributed by atoms with van der Waals surface area (Å²) in [5.74, 6) is -1.66. The lowest BCUT2D eigenvalue weighted by Gasteiger charge is -2.18. The van der Waals surface area contributed by atoms with Crippen molar-refractivity contribution in [1.82, 2.24) is 0 Å². The monoisotopic (exact) mass is 471 g/mol. The van der Waals surface area contributed by atoms with Crippen LogP contribution >= 0.6 is 0 Å². The second kappa shape index (κ2) is 11.6. The van der Waals surface area contributed by atoms with Crippen LogP contribution in [0.5, 0.6) is 0 Å². The number of nitriles is 1. The van der Waals surface area contributed by atoms with Gasteiger partial charge >= 0.3 is 5.97 Å². The minimum Gasteiger partial charge on any atom is -0.465 e. The van der Waals surface area contributed by atoms with E-state index < -0.39 is 22.7 Å². The number of rotatable bonds is 9. The van der Waals surface area contributed by atoms with Crippen molar-refractivity contribution in [3.8, 4) is 17.2 Å². The van der Waals surface area contributed by atoms with Crippen molar-refractivity contribution >= 4 is 23.3 Å². The summed E-state index contributed by atoms with van der Waals surface area (Å²) < 4.78 is 4.73. The predicted octanol–water partition coefficient (Wildman–Crippen LogP) is 5.52. The molecule has 0 aliphatic rings. The number of benzene rings is 3. The Hall–Kier alpha value is -4.51. The molecule has 0 bridgehead atoms. The molecule has 35 heavy (non-hydrogen) atoms. The molecule has 3 aromatic carbocycles. The summed E-state index contributed by atoms with van der Waals surface area (Å²) in [7, 11) is 1.17. The molecular formula is C27H25N3O5. The zero-order chi connectivity index (χ0) is 25.4. The first kappa shape index (κ1) is 25.1. The van der Waals surface area contributed by atoms with Crippen LogP contribution in [0.2, 0.25) is 0 Å². The van der Waals surface area contributed by atoms with Gasteiger partial charge in [-0.05, 0) is 41.7 Å². The van der Waals surface area contributed by atoms with Gasteiger partial charge in [0.2, 0.25) is 5.91 Å². The molecule has 1 amide bonds. The smallest absolute Gasteiger partial charge is 0.340 e. The van der Waals surface area contributed by atoms with E-state index in [1.165, 1.54) is 25.3 Å². The topological polar surface area (TPSA) is 122 Å². The molecule has 0 aliphatic heterocycles. The average Bonchev–Trinajstić information content (AvgIpc) is 2.88. The maximum absolute atomic E-state index is 13.2. The molecule has 8 nitrogen and oxygen atoms in total. The highest BCUT2D eigenvalue weighted by molar-refractivity contribution is 6.04. The molecule has 178 valence electrons. The maximum atomic E-state index is 13.2. The van der Waals surface area contributed by atoms with Gasteiger partial charge in [0, 0.05) is 12.0 Å². The largest absolute Gasteiger partial charge is 0.465 e. The van der Waals surface area contributed by atoms with E-state index in [1.54, 1.807) is 6.07 Å². The van der Waals surface area contributed by atoms with Crippen molar-refractivity contribution in [2.24, 2.45) is 5.92 Å². The van der Waals surface area contributed by atoms with Gasteiger partial charge in [0.15, 0.2) is 0 Å². The number of amides is 1. The molecule has 0 radical (unpaired) electrons. The normalized spacial score (nSPS) is 11.2. The number of nitro groups is 1. The Morgan fingerprint density at radius 3 is 2.43 bits per heavy atom. The van der Waals surface area contributed by atoms with E-state index in [-0.39, 0.29) is 16.9 Å². The molecule has 0 heterocycles. The van der Waals surface area contributed by atoms with Gasteiger partial charge < -0.3 is 10.1 Å². The van der Waals surface area contributed by atoms with E-state index in [1.807, 2.05) is 49.4 Å². The molecule has 0 aliphatic carbocycles. The number of nitrogens with zero attached hydrogens (tertiary/aromatic N) is 2. The molecule has 0 spiro atoms. The number of carbonyl (C=O) groups is 2. The maximum Gasteiger partial charge on any atom is 0.340 e. The second-order valence-corrected chi connectivity index (χ2v) is 7.98. The van der Waals surface area contributed by atoms with Gasteiger partial charge in [-0.15, -0.1) is 0 Å². The third kappa shape index (κ3) is 5.89. The number of hydrogen-bond acceptors (Lipinski definition) is 6. The summed E-state index contributed by atoms with van der Waals surface area (Å²) in [6, 6.07) is 21.1. The third-order valence-corrected chi connectivity index (χ3v) is 5.70. The van der Waals surface area contributed by atoms with Crippen molar-refractivity contribution in [3.05, 3.63) is 93.5 Å². The minimum absolute atomic E-state index is 0.0780. The Kier molecular flexibility index (Phi) is 8.30. The van der Waals surface area contributed by atoms with Crippen molar-refractivity contribution in [2.45, 2.75) is 26.2 Å². The fourth-order valence-electron chi connectivity index (χ4n) is 3.94. The highest BCUT2D eigenvalue weighted by Gasteiger charge is 2.27. The number of methoxy groups -OCH3 is 1. The number of esters is 1. The molecule has 3 aromatic rings. The molecule has 0 saturated heterocycles. The molecule has 0 fully saturated rings. The van der Waals surface area contributed by atoms with E-state index in [0.29, 0.717) is 18.4 Å². The number of para-hydroxylation sites is 1. The summed E-state index contributed by atoms with van der Waals surface area (Å²) in [5, 5.41) is 23.5. The number of hydrogen-bond donors (Lipinski definition) is 1. The van der Waals surface area contributed by atoms with Gasteiger partial charge in [0.25, 0.3) is 5.69 Å². The van der Waals surface area contributed by atoms with Gasteiger partial charge in [0.05, 0.1) is 29.2 Å². The van der Waals surface area contributed by atoms with E-state index in [4.69, 9.17) is 4.74 Å². The van der Waals surface area contributed by atoms with Gasteiger partial charge in [-0.2, -0.15) is 5.26 Å². The predicted molar refractivity (Wildman–Crippen MR) is 132 cm³/mol. The van der Waals surface area contributed by atoms with Gasteiger partial charge in [-0.1, -0.05) is 61.9 Å². The Balaban J connectivity index is 1.85. The van der Waals surface area contributed by atoms with Crippen molar-refractivity contribution in [1.29, 1.82) is 5.26 Å². The standard InChI is InChI=1S/C27H25N3O5/c1-3-7-20(16-18-12-14-19(15-13-18)22-9-5-4-8-21(22)17-28)26(31)29-25-23(27(32)35-2)10-6-11-24(25)30(33)34/h4-6,8-15,20H,3,7,16H2,1-2H3,(H,29,31). The summed E-state index contributed by atoms with van der Waals surface area (Å²) in [6.07, 6.45) is 1.69. The molecular weight excluding hydrogens is 446 g/mol. The van der Waals surface area contributed by atoms with E-state index in [0.717, 1.165) is 23.1 Å². The van der Waals surface area contributed by atoms with Crippen molar-refractivity contribution in [2.75, 3.05) is 12.4 Å². The van der Waals surface area contributed by atoms with Gasteiger partial charge in [0.1, 0.15) is 5.69 Å². The van der Waals surface area contributed by atoms with Crippen LogP contribution in [0.15, 0.2) is 66.7 Å². The molecule has 1 atom stereocenters. The van der Waals surface area contributed by atoms with E-state index >= 15 is 0 Å². The van der Waals surface area contributed by atoms with Crippen LogP contribution in [0.1, 0.15) is 41.3 Å². The highest BCUT2D eigenvalue weighted by atomic mass is 16.6. The van der Waals surface area contributed by atoms with Crippen LogP contribution in [0.25, 0.3) is 11.1 Å². The highest BCUT2D eigenvalue weighted by Crippen LogP contribution is 2.30. The SMILES string of the molecule is CCCC(Cc1ccc(-c2ccccc2C#N)cc1)C(=O)Nc1c(C(=O)OC)cccc1[N+](=O)[O-]. The Bertz CT molecular complexity index is 1280. The fraction of sp³-hybridized carbons (Fsp3) is 0.222. The molecule has 1 unspecified atom stereocenters. The van der Waals surface area contributed by atoms with Crippen LogP contribution in [0.4, 0.5) is 11.4 Å². The summed E-state index contributed by atoms with van der Waals surface area (Å²) in [4.78, 5) is 36.2. The minimum atomic E-state index is -0.774. The molecule has 3 rings (SSSR count). The molecule has 8 heteroatoms. The van der Waals surface area contributed by atoms with Crippen LogP contribution in [-0.4, -0.2) is 23.9 Å². The molecule has 0 saturated carbocycles. The Morgan fingerprint density at radius 2 is 1.80 bits per heavy atom. The molecule has 1 N–H and O–H groups in total. The number of carbonyl (C=O) groups excluding carboxylic acids is 2. The van der Waals surface area contributed by atoms with Gasteiger partial charge in [-0.3, -0.25) is 14.9 Å². The zero-order valence-corrected chi connectivity index (χ0v) is 19.5. The van der Waals surface area contributed by atoms with Gasteiger partial charge in [-0.25, -0.2) is 4.79 Å². The summed E-state index contributed by atoms with van der Waals surface area (Å²) in [6.45, 7) is 1.95. The van der Waals surface area contributed by atoms with Crippen LogP contribution in [0, 0.1) is 27.4 Å². The van der Waals surface area contributed by atoms with E-state index in [9.17, 15) is 25.0 Å². The van der Waals surface area contributed by atoms with Crippen molar-refractivity contribution in [3.63, 3.8) is 0 Å². The Labute approximate surface area is 203 Å².